The van der Waals surface area contributed by atoms with Gasteiger partial charge in [-0.3, -0.25) is 4.79 Å². The molecule has 0 radical (unpaired) electrons. The van der Waals surface area contributed by atoms with Crippen molar-refractivity contribution in [2.45, 2.75) is 74.4 Å². The summed E-state index contributed by atoms with van der Waals surface area (Å²) in [5, 5.41) is 92.3. The number of benzene rings is 2. The van der Waals surface area contributed by atoms with E-state index in [-0.39, 0.29) is 34.3 Å². The molecule has 3 aliphatic heterocycles. The maximum absolute atomic E-state index is 11.3. The van der Waals surface area contributed by atoms with Crippen LogP contribution >= 0.6 is 0 Å². The van der Waals surface area contributed by atoms with E-state index in [1.165, 1.54) is 36.4 Å². The van der Waals surface area contributed by atoms with Crippen molar-refractivity contribution in [3.8, 4) is 23.0 Å². The zero-order valence-corrected chi connectivity index (χ0v) is 23.7. The van der Waals surface area contributed by atoms with Crippen molar-refractivity contribution in [3.05, 3.63) is 53.3 Å². The van der Waals surface area contributed by atoms with Crippen molar-refractivity contribution in [3.63, 3.8) is 0 Å². The van der Waals surface area contributed by atoms with Crippen molar-refractivity contribution in [1.82, 2.24) is 0 Å². The summed E-state index contributed by atoms with van der Waals surface area (Å²) in [6.45, 7) is -0.0354. The maximum atomic E-state index is 11.3. The third-order valence-corrected chi connectivity index (χ3v) is 7.54. The summed E-state index contributed by atoms with van der Waals surface area (Å²) < 4.78 is 33.9. The molecule has 16 nitrogen and oxygen atoms in total. The number of carbonyl (C=O) groups is 1. The normalized spacial score (nSPS) is 34.6. The van der Waals surface area contributed by atoms with Crippen molar-refractivity contribution in [2.24, 2.45) is 0 Å². The van der Waals surface area contributed by atoms with Gasteiger partial charge in [-0.15, -0.1) is 0 Å². The quantitative estimate of drug-likeness (QED) is 0.144. The summed E-state index contributed by atoms with van der Waals surface area (Å²) >= 11 is 0. The van der Waals surface area contributed by atoms with Gasteiger partial charge in [-0.05, 0) is 18.2 Å². The number of esters is 1. The topological polar surface area (TPSA) is 255 Å². The fraction of sp³-hybridized carbons (Fsp3) is 0.483. The molecular formula is C29H34O16. The molecule has 5 rings (SSSR count). The molecule has 2 aromatic carbocycles. The molecule has 0 spiro atoms. The molecule has 45 heavy (non-hydrogen) atoms. The molecule has 3 aliphatic rings. The van der Waals surface area contributed by atoms with E-state index in [0.717, 1.165) is 13.0 Å². The summed E-state index contributed by atoms with van der Waals surface area (Å²) in [4.78, 5) is 11.3. The Morgan fingerprint density at radius 3 is 2.00 bits per heavy atom. The highest BCUT2D eigenvalue weighted by Crippen LogP contribution is 2.45. The first kappa shape index (κ1) is 32.7. The van der Waals surface area contributed by atoms with Gasteiger partial charge in [0.15, 0.2) is 6.10 Å². The van der Waals surface area contributed by atoms with E-state index in [9.17, 15) is 50.8 Å². The molecule has 2 fully saturated rings. The van der Waals surface area contributed by atoms with Crippen LogP contribution < -0.4 is 9.47 Å². The second-order valence-corrected chi connectivity index (χ2v) is 10.7. The Morgan fingerprint density at radius 2 is 1.38 bits per heavy atom. The number of phenolic OH excluding ortho intramolecular Hbond substituents is 2. The van der Waals surface area contributed by atoms with Crippen molar-refractivity contribution >= 4 is 12.0 Å². The van der Waals surface area contributed by atoms with Crippen LogP contribution in [0.4, 0.5) is 0 Å². The third-order valence-electron chi connectivity index (χ3n) is 7.54. The Labute approximate surface area is 255 Å². The fourth-order valence-electron chi connectivity index (χ4n) is 5.08. The SMILES string of the molecule is CC(=O)OC[C@H]1O[C@@H](Oc2cc(O)cc3c2C=C(O[C@@H]2O[C@H](CO)[C@@H](O)[C@@H](O)[C@H]2O)C(c2ccc(O)cc2)O3)[C@@H](O)[C@@H](O)[C@@H]1O. The molecule has 2 aromatic rings. The predicted octanol–water partition coefficient (Wildman–Crippen LogP) is -1.86. The van der Waals surface area contributed by atoms with Gasteiger partial charge in [-0.2, -0.15) is 0 Å². The van der Waals surface area contributed by atoms with E-state index >= 15 is 0 Å². The molecule has 0 aliphatic carbocycles. The molecule has 1 unspecified atom stereocenters. The average molecular weight is 639 g/mol. The lowest BCUT2D eigenvalue weighted by molar-refractivity contribution is -0.293. The van der Waals surface area contributed by atoms with Gasteiger partial charge in [0.05, 0.1) is 12.2 Å². The Balaban J connectivity index is 1.50. The molecule has 2 saturated heterocycles. The van der Waals surface area contributed by atoms with Crippen LogP contribution in [0.2, 0.25) is 0 Å². The van der Waals surface area contributed by atoms with Crippen LogP contribution in [-0.2, 0) is 23.7 Å². The molecule has 11 atom stereocenters. The number of hydrogen-bond acceptors (Lipinski definition) is 16. The summed E-state index contributed by atoms with van der Waals surface area (Å²) in [6.07, 6.45) is -15.9. The van der Waals surface area contributed by atoms with E-state index in [4.69, 9.17) is 28.4 Å². The predicted molar refractivity (Wildman–Crippen MR) is 146 cm³/mol. The Hall–Kier alpha value is -3.71. The van der Waals surface area contributed by atoms with Crippen LogP contribution in [-0.4, -0.2) is 127 Å². The molecule has 0 saturated carbocycles. The number of aromatic hydroxyl groups is 2. The standard InChI is InChI=1S/C29H34O16/c1-11(31)40-10-20-22(35)24(37)26(39)28(45-20)42-17-7-14(33)6-16-15(17)8-18(27(41-16)12-2-4-13(32)5-3-12)43-29-25(38)23(36)21(34)19(9-30)44-29/h2-8,19-30,32-39H,9-10H2,1H3/t19-,20-,21-,22-,23-,24+,25-,26+,27?,28-,29-/m1/s1. The highest BCUT2D eigenvalue weighted by molar-refractivity contribution is 5.70. The van der Waals surface area contributed by atoms with Gasteiger partial charge in [-0.1, -0.05) is 12.1 Å². The molecule has 0 bridgehead atoms. The second kappa shape index (κ2) is 13.3. The van der Waals surface area contributed by atoms with Gasteiger partial charge in [0.25, 0.3) is 0 Å². The van der Waals surface area contributed by atoms with Gasteiger partial charge in [0.1, 0.15) is 84.2 Å². The first-order chi connectivity index (χ1) is 21.4. The summed E-state index contributed by atoms with van der Waals surface area (Å²) in [5.74, 6) is -1.25. The Kier molecular flexibility index (Phi) is 9.68. The van der Waals surface area contributed by atoms with Crippen LogP contribution in [0.1, 0.15) is 24.2 Å². The number of carbonyl (C=O) groups excluding carboxylic acids is 1. The number of phenols is 2. The minimum atomic E-state index is -1.80. The van der Waals surface area contributed by atoms with Crippen molar-refractivity contribution in [2.75, 3.05) is 13.2 Å². The largest absolute Gasteiger partial charge is 0.508 e. The number of aliphatic hydroxyl groups is 7. The molecule has 9 N–H and O–H groups in total. The summed E-state index contributed by atoms with van der Waals surface area (Å²) in [6, 6.07) is 8.17. The van der Waals surface area contributed by atoms with Gasteiger partial charge in [0, 0.05) is 24.6 Å². The highest BCUT2D eigenvalue weighted by atomic mass is 16.7. The van der Waals surface area contributed by atoms with Crippen molar-refractivity contribution in [1.29, 1.82) is 0 Å². The summed E-state index contributed by atoms with van der Waals surface area (Å²) in [7, 11) is 0. The zero-order valence-electron chi connectivity index (χ0n) is 23.7. The smallest absolute Gasteiger partial charge is 0.302 e. The third kappa shape index (κ3) is 6.79. The van der Waals surface area contributed by atoms with E-state index < -0.39 is 86.7 Å². The number of ether oxygens (including phenoxy) is 6. The van der Waals surface area contributed by atoms with E-state index in [1.807, 2.05) is 0 Å². The first-order valence-corrected chi connectivity index (χ1v) is 13.9. The molecule has 0 aromatic heterocycles. The lowest BCUT2D eigenvalue weighted by Crippen LogP contribution is -2.60. The molecular weight excluding hydrogens is 604 g/mol. The Morgan fingerprint density at radius 1 is 0.778 bits per heavy atom. The number of hydrogen-bond donors (Lipinski definition) is 9. The minimum absolute atomic E-state index is 0.0339. The van der Waals surface area contributed by atoms with Crippen molar-refractivity contribution < 1.29 is 79.2 Å². The van der Waals surface area contributed by atoms with Crippen LogP contribution in [0.25, 0.3) is 6.08 Å². The van der Waals surface area contributed by atoms with E-state index in [1.54, 1.807) is 0 Å². The van der Waals surface area contributed by atoms with Crippen LogP contribution in [0, 0.1) is 0 Å². The number of fused-ring (bicyclic) bond motifs is 1. The zero-order chi connectivity index (χ0) is 32.6. The van der Waals surface area contributed by atoms with Crippen LogP contribution in [0.3, 0.4) is 0 Å². The van der Waals surface area contributed by atoms with Gasteiger partial charge in [0.2, 0.25) is 12.6 Å². The fourth-order valence-corrected chi connectivity index (χ4v) is 5.08. The van der Waals surface area contributed by atoms with Crippen LogP contribution in [0.15, 0.2) is 42.2 Å². The van der Waals surface area contributed by atoms with Gasteiger partial charge in [-0.25, -0.2) is 0 Å². The lowest BCUT2D eigenvalue weighted by atomic mass is 9.98. The van der Waals surface area contributed by atoms with Gasteiger partial charge >= 0.3 is 5.97 Å². The second-order valence-electron chi connectivity index (χ2n) is 10.7. The highest BCUT2D eigenvalue weighted by Gasteiger charge is 2.47. The van der Waals surface area contributed by atoms with Gasteiger partial charge < -0.3 is 74.4 Å². The number of rotatable bonds is 8. The monoisotopic (exact) mass is 638 g/mol. The van der Waals surface area contributed by atoms with E-state index in [0.29, 0.717) is 5.56 Å². The first-order valence-electron chi connectivity index (χ1n) is 13.9. The molecule has 0 amide bonds. The maximum Gasteiger partial charge on any atom is 0.302 e. The summed E-state index contributed by atoms with van der Waals surface area (Å²) in [5.41, 5.74) is 0.534. The average Bonchev–Trinajstić information content (AvgIpc) is 3.01. The lowest BCUT2D eigenvalue weighted by Gasteiger charge is -2.41. The van der Waals surface area contributed by atoms with Crippen LogP contribution in [0.5, 0.6) is 23.0 Å². The Bertz CT molecular complexity index is 1380. The minimum Gasteiger partial charge on any atom is -0.508 e. The molecule has 3 heterocycles. The number of aliphatic hydroxyl groups excluding tert-OH is 7. The molecule has 246 valence electrons. The van der Waals surface area contributed by atoms with E-state index in [2.05, 4.69) is 0 Å². The molecule has 16 heteroatoms.